The summed E-state index contributed by atoms with van der Waals surface area (Å²) in [4.78, 5) is 15.0. The number of aromatic nitrogens is 1. The summed E-state index contributed by atoms with van der Waals surface area (Å²) in [6.45, 7) is 0.0802. The second-order valence-corrected chi connectivity index (χ2v) is 6.86. The first-order valence-corrected chi connectivity index (χ1v) is 8.72. The summed E-state index contributed by atoms with van der Waals surface area (Å²) >= 11 is 1.37. The highest BCUT2D eigenvalue weighted by Gasteiger charge is 2.16. The molecule has 0 unspecified atom stereocenters. The Kier molecular flexibility index (Phi) is 5.47. The molecular formula is C13H14N2O5S2. The van der Waals surface area contributed by atoms with E-state index in [0.29, 0.717) is 10.9 Å². The van der Waals surface area contributed by atoms with Crippen molar-refractivity contribution in [3.05, 3.63) is 41.4 Å². The highest BCUT2D eigenvalue weighted by Crippen LogP contribution is 2.23. The first kappa shape index (κ1) is 16.4. The summed E-state index contributed by atoms with van der Waals surface area (Å²) in [5, 5.41) is 2.34. The van der Waals surface area contributed by atoms with E-state index in [4.69, 9.17) is 4.74 Å². The van der Waals surface area contributed by atoms with Gasteiger partial charge in [0.2, 0.25) is 10.0 Å². The second kappa shape index (κ2) is 7.34. The third-order valence-electron chi connectivity index (χ3n) is 2.57. The normalized spacial score (nSPS) is 11.1. The number of methoxy groups -OCH3 is 1. The largest absolute Gasteiger partial charge is 0.468 e. The molecule has 1 N–H and O–H groups in total. The fraction of sp³-hybridized carbons (Fsp3) is 0.231. The third kappa shape index (κ3) is 5.10. The van der Waals surface area contributed by atoms with Gasteiger partial charge in [0.25, 0.3) is 5.19 Å². The quantitative estimate of drug-likeness (QED) is 0.767. The van der Waals surface area contributed by atoms with Crippen molar-refractivity contribution in [3.8, 4) is 10.9 Å². The minimum absolute atomic E-state index is 0.0802. The molecule has 0 bridgehead atoms. The summed E-state index contributed by atoms with van der Waals surface area (Å²) in [6, 6.07) is 6.88. The number of carbonyl (C=O) groups is 1. The predicted octanol–water partition coefficient (Wildman–Crippen LogP) is 1.53. The number of rotatable bonds is 7. The Bertz CT molecular complexity index is 711. The van der Waals surface area contributed by atoms with Gasteiger partial charge in [-0.15, -0.1) is 0 Å². The van der Waals surface area contributed by atoms with E-state index in [1.807, 2.05) is 0 Å². The van der Waals surface area contributed by atoms with E-state index in [1.165, 1.54) is 11.3 Å². The first-order chi connectivity index (χ1) is 10.5. The molecule has 0 aliphatic rings. The van der Waals surface area contributed by atoms with Gasteiger partial charge in [-0.2, -0.15) is 0 Å². The molecule has 2 aromatic rings. The van der Waals surface area contributed by atoms with Crippen LogP contribution in [0.5, 0.6) is 10.9 Å². The number of thiazole rings is 1. The van der Waals surface area contributed by atoms with E-state index in [0.717, 1.165) is 12.7 Å². The maximum absolute atomic E-state index is 11.6. The van der Waals surface area contributed by atoms with Crippen LogP contribution < -0.4 is 9.46 Å². The lowest BCUT2D eigenvalue weighted by Gasteiger charge is -2.07. The van der Waals surface area contributed by atoms with E-state index >= 15 is 0 Å². The molecule has 1 aromatic carbocycles. The van der Waals surface area contributed by atoms with E-state index < -0.39 is 21.7 Å². The number of nitrogens with one attached hydrogen (secondary N) is 1. The van der Waals surface area contributed by atoms with Crippen molar-refractivity contribution in [1.29, 1.82) is 0 Å². The van der Waals surface area contributed by atoms with Crippen LogP contribution in [-0.4, -0.2) is 32.2 Å². The van der Waals surface area contributed by atoms with Crippen LogP contribution in [0.2, 0.25) is 0 Å². The molecule has 0 aliphatic carbocycles. The van der Waals surface area contributed by atoms with Crippen LogP contribution >= 0.6 is 11.3 Å². The Balaban J connectivity index is 1.90. The van der Waals surface area contributed by atoms with Crippen LogP contribution in [0, 0.1) is 0 Å². The molecule has 1 heterocycles. The van der Waals surface area contributed by atoms with Crippen molar-refractivity contribution < 1.29 is 22.7 Å². The predicted molar refractivity (Wildman–Crippen MR) is 81.3 cm³/mol. The van der Waals surface area contributed by atoms with Crippen LogP contribution in [0.1, 0.15) is 5.56 Å². The summed E-state index contributed by atoms with van der Waals surface area (Å²) < 4.78 is 35.4. The highest BCUT2D eigenvalue weighted by molar-refractivity contribution is 7.90. The summed E-state index contributed by atoms with van der Waals surface area (Å²) in [6.07, 6.45) is 1.64. The van der Waals surface area contributed by atoms with Crippen molar-refractivity contribution >= 4 is 27.3 Å². The third-order valence-corrected chi connectivity index (χ3v) is 4.42. The zero-order valence-electron chi connectivity index (χ0n) is 11.7. The average Bonchev–Trinajstić information content (AvgIpc) is 2.99. The van der Waals surface area contributed by atoms with Crippen molar-refractivity contribution in [2.24, 2.45) is 0 Å². The molecule has 0 radical (unpaired) electrons. The summed E-state index contributed by atoms with van der Waals surface area (Å²) in [5.41, 5.74) is 0.736. The van der Waals surface area contributed by atoms with Gasteiger partial charge < -0.3 is 9.47 Å². The van der Waals surface area contributed by atoms with Crippen molar-refractivity contribution in [2.45, 2.75) is 6.54 Å². The Morgan fingerprint density at radius 3 is 2.64 bits per heavy atom. The molecule has 7 nitrogen and oxygen atoms in total. The van der Waals surface area contributed by atoms with Gasteiger partial charge in [-0.05, 0) is 17.7 Å². The van der Waals surface area contributed by atoms with Gasteiger partial charge >= 0.3 is 5.97 Å². The summed E-state index contributed by atoms with van der Waals surface area (Å²) in [5.74, 6) is -0.898. The second-order valence-electron chi connectivity index (χ2n) is 4.20. The SMILES string of the molecule is COC(=O)CS(=O)(=O)NCc1ccc(Oc2nccs2)cc1. The molecule has 9 heteroatoms. The first-order valence-electron chi connectivity index (χ1n) is 6.19. The number of nitrogens with zero attached hydrogens (tertiary/aromatic N) is 1. The van der Waals surface area contributed by atoms with Crippen molar-refractivity contribution in [1.82, 2.24) is 9.71 Å². The molecule has 0 saturated carbocycles. The monoisotopic (exact) mass is 342 g/mol. The number of ether oxygens (including phenoxy) is 2. The topological polar surface area (TPSA) is 94.6 Å². The lowest BCUT2D eigenvalue weighted by Crippen LogP contribution is -2.30. The van der Waals surface area contributed by atoms with Gasteiger partial charge in [-0.3, -0.25) is 4.79 Å². The van der Waals surface area contributed by atoms with Crippen molar-refractivity contribution in [2.75, 3.05) is 12.9 Å². The van der Waals surface area contributed by atoms with Crippen LogP contribution in [0.4, 0.5) is 0 Å². The van der Waals surface area contributed by atoms with Gasteiger partial charge in [-0.25, -0.2) is 18.1 Å². The number of esters is 1. The van der Waals surface area contributed by atoms with Crippen LogP contribution in [0.15, 0.2) is 35.8 Å². The number of benzene rings is 1. The molecule has 118 valence electrons. The van der Waals surface area contributed by atoms with Crippen LogP contribution in [-0.2, 0) is 26.1 Å². The zero-order valence-corrected chi connectivity index (χ0v) is 13.3. The minimum atomic E-state index is -3.71. The molecule has 0 amide bonds. The highest BCUT2D eigenvalue weighted by atomic mass is 32.2. The number of carbonyl (C=O) groups excluding carboxylic acids is 1. The fourth-order valence-corrected chi connectivity index (χ4v) is 2.92. The maximum Gasteiger partial charge on any atom is 0.322 e. The maximum atomic E-state index is 11.6. The van der Waals surface area contributed by atoms with E-state index in [2.05, 4.69) is 14.4 Å². The number of hydrogen-bond donors (Lipinski definition) is 1. The van der Waals surface area contributed by atoms with Crippen LogP contribution in [0.3, 0.4) is 0 Å². The van der Waals surface area contributed by atoms with E-state index in [-0.39, 0.29) is 6.54 Å². The van der Waals surface area contributed by atoms with Crippen LogP contribution in [0.25, 0.3) is 0 Å². The number of hydrogen-bond acceptors (Lipinski definition) is 7. The fourth-order valence-electron chi connectivity index (χ4n) is 1.50. The molecule has 1 aromatic heterocycles. The standard InChI is InChI=1S/C13H14N2O5S2/c1-19-12(16)9-22(17,18)15-8-10-2-4-11(5-3-10)20-13-14-6-7-21-13/h2-7,15H,8-9H2,1H3. The molecule has 0 fully saturated rings. The number of sulfonamides is 1. The molecule has 0 aliphatic heterocycles. The molecule has 2 rings (SSSR count). The average molecular weight is 342 g/mol. The zero-order chi connectivity index (χ0) is 16.0. The molecule has 0 spiro atoms. The van der Waals surface area contributed by atoms with E-state index in [9.17, 15) is 13.2 Å². The van der Waals surface area contributed by atoms with Gasteiger partial charge in [0, 0.05) is 18.1 Å². The van der Waals surface area contributed by atoms with Gasteiger partial charge in [0.05, 0.1) is 7.11 Å². The molecule has 22 heavy (non-hydrogen) atoms. The van der Waals surface area contributed by atoms with Gasteiger partial charge in [-0.1, -0.05) is 23.5 Å². The molecular weight excluding hydrogens is 328 g/mol. The Morgan fingerprint density at radius 2 is 2.05 bits per heavy atom. The van der Waals surface area contributed by atoms with Crippen molar-refractivity contribution in [3.63, 3.8) is 0 Å². The molecule has 0 saturated heterocycles. The summed E-state index contributed by atoms with van der Waals surface area (Å²) in [7, 11) is -2.57. The van der Waals surface area contributed by atoms with Gasteiger partial charge in [0.1, 0.15) is 5.75 Å². The lowest BCUT2D eigenvalue weighted by atomic mass is 10.2. The lowest BCUT2D eigenvalue weighted by molar-refractivity contribution is -0.137. The Hall–Kier alpha value is -1.97. The Morgan fingerprint density at radius 1 is 1.32 bits per heavy atom. The molecule has 0 atom stereocenters. The minimum Gasteiger partial charge on any atom is -0.468 e. The Labute approximate surface area is 132 Å². The smallest absolute Gasteiger partial charge is 0.322 e. The van der Waals surface area contributed by atoms with E-state index in [1.54, 1.807) is 35.8 Å². The van der Waals surface area contributed by atoms with Gasteiger partial charge in [0.15, 0.2) is 5.75 Å².